The van der Waals surface area contributed by atoms with E-state index < -0.39 is 15.8 Å². The maximum atomic E-state index is 13.3. The van der Waals surface area contributed by atoms with Crippen molar-refractivity contribution in [2.75, 3.05) is 0 Å². The maximum absolute atomic E-state index is 13.3. The van der Waals surface area contributed by atoms with Gasteiger partial charge in [-0.3, -0.25) is 4.98 Å². The first-order valence-corrected chi connectivity index (χ1v) is 7.95. The predicted molar refractivity (Wildman–Crippen MR) is 78.9 cm³/mol. The summed E-state index contributed by atoms with van der Waals surface area (Å²) in [4.78, 5) is 4.11. The third-order valence-corrected chi connectivity index (χ3v) is 5.00. The summed E-state index contributed by atoms with van der Waals surface area (Å²) in [6.45, 7) is 5.21. The van der Waals surface area contributed by atoms with Crippen LogP contribution >= 0.6 is 0 Å². The summed E-state index contributed by atoms with van der Waals surface area (Å²) < 4.78 is 40.7. The van der Waals surface area contributed by atoms with Gasteiger partial charge in [-0.1, -0.05) is 0 Å². The third-order valence-electron chi connectivity index (χ3n) is 3.29. The molecule has 0 fully saturated rings. The number of benzene rings is 1. The first kappa shape index (κ1) is 15.6. The topological polar surface area (TPSA) is 59.1 Å². The molecule has 1 N–H and O–H groups in total. The minimum absolute atomic E-state index is 0.130. The molecule has 0 unspecified atom stereocenters. The number of hydrogen-bond acceptors (Lipinski definition) is 3. The molecule has 0 aliphatic rings. The van der Waals surface area contributed by atoms with Crippen molar-refractivity contribution in [1.82, 2.24) is 9.71 Å². The second kappa shape index (κ2) is 5.91. The molecule has 4 nitrogen and oxygen atoms in total. The van der Waals surface area contributed by atoms with Crippen molar-refractivity contribution < 1.29 is 12.8 Å². The summed E-state index contributed by atoms with van der Waals surface area (Å²) in [5, 5.41) is 0. The molecule has 0 amide bonds. The molecule has 0 aliphatic carbocycles. The molecule has 112 valence electrons. The zero-order chi connectivity index (χ0) is 15.6. The summed E-state index contributed by atoms with van der Waals surface area (Å²) in [6.07, 6.45) is 3.28. The molecule has 1 heterocycles. The van der Waals surface area contributed by atoms with Crippen molar-refractivity contribution >= 4 is 10.0 Å². The van der Waals surface area contributed by atoms with Crippen LogP contribution in [0.5, 0.6) is 0 Å². The predicted octanol–water partition coefficient (Wildman–Crippen LogP) is 2.62. The van der Waals surface area contributed by atoms with Crippen LogP contribution in [0.25, 0.3) is 0 Å². The second-order valence-electron chi connectivity index (χ2n) is 5.00. The van der Waals surface area contributed by atoms with Crippen LogP contribution in [-0.2, 0) is 16.6 Å². The molecule has 0 radical (unpaired) electrons. The molecule has 1 aromatic carbocycles. The first-order valence-electron chi connectivity index (χ1n) is 6.47. The highest BCUT2D eigenvalue weighted by molar-refractivity contribution is 7.89. The van der Waals surface area contributed by atoms with E-state index in [9.17, 15) is 12.8 Å². The van der Waals surface area contributed by atoms with E-state index in [0.717, 1.165) is 11.1 Å². The molecule has 21 heavy (non-hydrogen) atoms. The lowest BCUT2D eigenvalue weighted by atomic mass is 10.1. The number of pyridine rings is 1. The SMILES string of the molecule is Cc1ccncc1CNS(=O)(=O)c1c(C)cc(F)cc1C. The van der Waals surface area contributed by atoms with Gasteiger partial charge in [-0.25, -0.2) is 17.5 Å². The fraction of sp³-hybridized carbons (Fsp3) is 0.267. The average Bonchev–Trinajstić information content (AvgIpc) is 2.36. The normalized spacial score (nSPS) is 11.6. The van der Waals surface area contributed by atoms with Crippen molar-refractivity contribution in [2.24, 2.45) is 0 Å². The van der Waals surface area contributed by atoms with Crippen LogP contribution < -0.4 is 4.72 Å². The molecule has 0 aliphatic heterocycles. The Hall–Kier alpha value is -1.79. The van der Waals surface area contributed by atoms with Gasteiger partial charge in [0.1, 0.15) is 5.82 Å². The summed E-state index contributed by atoms with van der Waals surface area (Å²) in [7, 11) is -3.70. The molecule has 1 aromatic heterocycles. The molecule has 2 aromatic rings. The van der Waals surface area contributed by atoms with Crippen LogP contribution in [-0.4, -0.2) is 13.4 Å². The molecule has 0 spiro atoms. The summed E-state index contributed by atoms with van der Waals surface area (Å²) in [6, 6.07) is 4.26. The molecule has 2 rings (SSSR count). The molecule has 6 heteroatoms. The summed E-state index contributed by atoms with van der Waals surface area (Å²) >= 11 is 0. The van der Waals surface area contributed by atoms with Gasteiger partial charge in [0.25, 0.3) is 0 Å². The minimum atomic E-state index is -3.70. The van der Waals surface area contributed by atoms with Gasteiger partial charge >= 0.3 is 0 Å². The van der Waals surface area contributed by atoms with Crippen molar-refractivity contribution in [3.8, 4) is 0 Å². The van der Waals surface area contributed by atoms with Gasteiger partial charge in [0.05, 0.1) is 4.90 Å². The molecule has 0 saturated heterocycles. The van der Waals surface area contributed by atoms with E-state index >= 15 is 0 Å². The van der Waals surface area contributed by atoms with E-state index in [1.807, 2.05) is 13.0 Å². The Kier molecular flexibility index (Phi) is 4.39. The zero-order valence-electron chi connectivity index (χ0n) is 12.1. The summed E-state index contributed by atoms with van der Waals surface area (Å²) in [5.41, 5.74) is 2.55. The quantitative estimate of drug-likeness (QED) is 0.944. The van der Waals surface area contributed by atoms with Crippen LogP contribution in [0.15, 0.2) is 35.5 Å². The lowest BCUT2D eigenvalue weighted by molar-refractivity contribution is 0.578. The highest BCUT2D eigenvalue weighted by atomic mass is 32.2. The number of hydrogen-bond donors (Lipinski definition) is 1. The van der Waals surface area contributed by atoms with E-state index in [1.165, 1.54) is 12.1 Å². The third kappa shape index (κ3) is 3.46. The van der Waals surface area contributed by atoms with Crippen LogP contribution in [0.2, 0.25) is 0 Å². The van der Waals surface area contributed by atoms with Crippen LogP contribution in [0.3, 0.4) is 0 Å². The van der Waals surface area contributed by atoms with Crippen LogP contribution in [0.4, 0.5) is 4.39 Å². The highest BCUT2D eigenvalue weighted by Crippen LogP contribution is 2.21. The molecule has 0 bridgehead atoms. The standard InChI is InChI=1S/C15H17FN2O2S/c1-10-4-5-17-8-13(10)9-18-21(19,20)15-11(2)6-14(16)7-12(15)3/h4-8,18H,9H2,1-3H3. The molecule has 0 saturated carbocycles. The van der Waals surface area contributed by atoms with Crippen molar-refractivity contribution in [3.63, 3.8) is 0 Å². The number of halogens is 1. The van der Waals surface area contributed by atoms with Gasteiger partial charge in [-0.05, 0) is 61.2 Å². The molecular formula is C15H17FN2O2S. The highest BCUT2D eigenvalue weighted by Gasteiger charge is 2.20. The first-order chi connectivity index (χ1) is 9.81. The number of sulfonamides is 1. The van der Waals surface area contributed by atoms with E-state index in [-0.39, 0.29) is 11.4 Å². The van der Waals surface area contributed by atoms with Crippen molar-refractivity contribution in [2.45, 2.75) is 32.2 Å². The number of nitrogens with one attached hydrogen (secondary N) is 1. The lowest BCUT2D eigenvalue weighted by Gasteiger charge is -2.13. The Morgan fingerprint density at radius 1 is 1.14 bits per heavy atom. The average molecular weight is 308 g/mol. The number of rotatable bonds is 4. The van der Waals surface area contributed by atoms with Gasteiger partial charge < -0.3 is 0 Å². The van der Waals surface area contributed by atoms with Crippen LogP contribution in [0, 0.1) is 26.6 Å². The Labute approximate surface area is 124 Å². The Morgan fingerprint density at radius 3 is 2.33 bits per heavy atom. The van der Waals surface area contributed by atoms with Crippen molar-refractivity contribution in [1.29, 1.82) is 0 Å². The van der Waals surface area contributed by atoms with Crippen LogP contribution in [0.1, 0.15) is 22.3 Å². The number of nitrogens with zero attached hydrogens (tertiary/aromatic N) is 1. The fourth-order valence-corrected chi connectivity index (χ4v) is 3.70. The van der Waals surface area contributed by atoms with Gasteiger partial charge in [0, 0.05) is 18.9 Å². The van der Waals surface area contributed by atoms with E-state index in [1.54, 1.807) is 26.2 Å². The fourth-order valence-electron chi connectivity index (χ4n) is 2.25. The zero-order valence-corrected chi connectivity index (χ0v) is 13.0. The Balaban J connectivity index is 2.30. The summed E-state index contributed by atoms with van der Waals surface area (Å²) in [5.74, 6) is -0.438. The minimum Gasteiger partial charge on any atom is -0.264 e. The van der Waals surface area contributed by atoms with E-state index in [2.05, 4.69) is 9.71 Å². The monoisotopic (exact) mass is 308 g/mol. The van der Waals surface area contributed by atoms with Crippen molar-refractivity contribution in [3.05, 3.63) is 58.7 Å². The number of aromatic nitrogens is 1. The van der Waals surface area contributed by atoms with Gasteiger partial charge in [-0.2, -0.15) is 0 Å². The van der Waals surface area contributed by atoms with Gasteiger partial charge in [0.2, 0.25) is 10.0 Å². The van der Waals surface area contributed by atoms with Gasteiger partial charge in [-0.15, -0.1) is 0 Å². The molecular weight excluding hydrogens is 291 g/mol. The van der Waals surface area contributed by atoms with E-state index in [0.29, 0.717) is 11.1 Å². The molecule has 0 atom stereocenters. The Morgan fingerprint density at radius 2 is 1.76 bits per heavy atom. The van der Waals surface area contributed by atoms with Gasteiger partial charge in [0.15, 0.2) is 0 Å². The van der Waals surface area contributed by atoms with E-state index in [4.69, 9.17) is 0 Å². The smallest absolute Gasteiger partial charge is 0.241 e. The second-order valence-corrected chi connectivity index (χ2v) is 6.70. The lowest BCUT2D eigenvalue weighted by Crippen LogP contribution is -2.25. The number of aryl methyl sites for hydroxylation is 3. The Bertz CT molecular complexity index is 750. The maximum Gasteiger partial charge on any atom is 0.241 e. The largest absolute Gasteiger partial charge is 0.264 e.